The van der Waals surface area contributed by atoms with E-state index >= 15 is 0 Å². The molecule has 9 heavy (non-hydrogen) atoms. The molecule has 0 saturated carbocycles. The standard InChI is InChI=1S/C6H9Br2O/c7-6(8)4-2-1-3-5-9/h4H,1-3,5H2. The van der Waals surface area contributed by atoms with E-state index in [2.05, 4.69) is 31.9 Å². The van der Waals surface area contributed by atoms with Crippen LogP contribution in [0, 0.1) is 0 Å². The summed E-state index contributed by atoms with van der Waals surface area (Å²) >= 11 is 6.45. The third-order valence-corrected chi connectivity index (χ3v) is 1.54. The summed E-state index contributed by atoms with van der Waals surface area (Å²) in [6.07, 6.45) is 4.76. The summed E-state index contributed by atoms with van der Waals surface area (Å²) in [6, 6.07) is 0. The van der Waals surface area contributed by atoms with Gasteiger partial charge in [0, 0.05) is 0 Å². The molecular weight excluding hydrogens is 248 g/mol. The molecule has 0 saturated heterocycles. The first kappa shape index (κ1) is 9.66. The Kier molecular flexibility index (Phi) is 7.27. The highest BCUT2D eigenvalue weighted by Gasteiger charge is 1.84. The van der Waals surface area contributed by atoms with E-state index < -0.39 is 0 Å². The van der Waals surface area contributed by atoms with E-state index in [-0.39, 0.29) is 6.61 Å². The molecule has 0 aromatic carbocycles. The zero-order chi connectivity index (χ0) is 7.11. The molecular formula is C6H9Br2O. The van der Waals surface area contributed by atoms with Crippen molar-refractivity contribution in [2.24, 2.45) is 0 Å². The molecule has 53 valence electrons. The van der Waals surface area contributed by atoms with Gasteiger partial charge in [0.15, 0.2) is 0 Å². The number of rotatable bonds is 4. The number of hydrogen-bond donors (Lipinski definition) is 0. The molecule has 0 amide bonds. The topological polar surface area (TPSA) is 19.9 Å². The highest BCUT2D eigenvalue weighted by Crippen LogP contribution is 2.14. The predicted molar refractivity (Wildman–Crippen MR) is 45.3 cm³/mol. The van der Waals surface area contributed by atoms with Crippen LogP contribution in [-0.4, -0.2) is 6.61 Å². The molecule has 0 N–H and O–H groups in total. The number of hydrogen-bond acceptors (Lipinski definition) is 0. The monoisotopic (exact) mass is 255 g/mol. The maximum Gasteiger partial charge on any atom is 0.0822 e. The summed E-state index contributed by atoms with van der Waals surface area (Å²) in [5.74, 6) is 0. The lowest BCUT2D eigenvalue weighted by atomic mass is 10.2. The molecule has 0 aliphatic rings. The zero-order valence-corrected chi connectivity index (χ0v) is 8.24. The van der Waals surface area contributed by atoms with Gasteiger partial charge in [-0.15, -0.1) is 0 Å². The molecule has 0 heterocycles. The maximum atomic E-state index is 9.93. The molecule has 0 rings (SSSR count). The van der Waals surface area contributed by atoms with E-state index in [4.69, 9.17) is 0 Å². The first-order valence-corrected chi connectivity index (χ1v) is 4.45. The van der Waals surface area contributed by atoms with Crippen LogP contribution in [0.5, 0.6) is 0 Å². The van der Waals surface area contributed by atoms with Gasteiger partial charge in [-0.25, -0.2) is 5.11 Å². The van der Waals surface area contributed by atoms with E-state index in [0.717, 1.165) is 22.7 Å². The number of halogens is 2. The van der Waals surface area contributed by atoms with Crippen molar-refractivity contribution in [3.05, 3.63) is 9.47 Å². The third-order valence-electron chi connectivity index (χ3n) is 0.897. The number of unbranched alkanes of at least 4 members (excludes halogenated alkanes) is 2. The second-order valence-corrected chi connectivity index (χ2v) is 4.47. The van der Waals surface area contributed by atoms with Crippen LogP contribution in [-0.2, 0) is 5.11 Å². The smallest absolute Gasteiger partial charge is 0.0822 e. The van der Waals surface area contributed by atoms with Gasteiger partial charge in [0.05, 0.1) is 10.00 Å². The molecule has 1 radical (unpaired) electrons. The van der Waals surface area contributed by atoms with Crippen LogP contribution in [0.15, 0.2) is 9.47 Å². The van der Waals surface area contributed by atoms with Crippen molar-refractivity contribution in [2.45, 2.75) is 19.3 Å². The second kappa shape index (κ2) is 6.78. The van der Waals surface area contributed by atoms with Crippen LogP contribution in [0.4, 0.5) is 0 Å². The van der Waals surface area contributed by atoms with Gasteiger partial charge in [0.2, 0.25) is 0 Å². The highest BCUT2D eigenvalue weighted by molar-refractivity contribution is 9.28. The van der Waals surface area contributed by atoms with Crippen molar-refractivity contribution in [2.75, 3.05) is 6.61 Å². The largest absolute Gasteiger partial charge is 0.237 e. The molecule has 0 aromatic rings. The minimum absolute atomic E-state index is 0.0493. The van der Waals surface area contributed by atoms with Crippen molar-refractivity contribution in [1.29, 1.82) is 0 Å². The maximum absolute atomic E-state index is 9.93. The van der Waals surface area contributed by atoms with Crippen LogP contribution < -0.4 is 0 Å². The summed E-state index contributed by atoms with van der Waals surface area (Å²) in [7, 11) is 0. The van der Waals surface area contributed by atoms with Crippen molar-refractivity contribution in [1.82, 2.24) is 0 Å². The minimum Gasteiger partial charge on any atom is -0.237 e. The van der Waals surface area contributed by atoms with Crippen LogP contribution in [0.25, 0.3) is 0 Å². The summed E-state index contributed by atoms with van der Waals surface area (Å²) in [5.41, 5.74) is 0. The fraction of sp³-hybridized carbons (Fsp3) is 0.667. The molecule has 0 aliphatic carbocycles. The highest BCUT2D eigenvalue weighted by atomic mass is 79.9. The quantitative estimate of drug-likeness (QED) is 0.689. The Morgan fingerprint density at radius 3 is 2.44 bits per heavy atom. The molecule has 0 fully saturated rings. The van der Waals surface area contributed by atoms with E-state index in [1.54, 1.807) is 0 Å². The molecule has 0 bridgehead atoms. The van der Waals surface area contributed by atoms with Gasteiger partial charge in [0.25, 0.3) is 0 Å². The van der Waals surface area contributed by atoms with Gasteiger partial charge in [-0.2, -0.15) is 0 Å². The second-order valence-electron chi connectivity index (χ2n) is 1.69. The van der Waals surface area contributed by atoms with E-state index in [1.165, 1.54) is 0 Å². The van der Waals surface area contributed by atoms with Crippen molar-refractivity contribution in [3.8, 4) is 0 Å². The van der Waals surface area contributed by atoms with Gasteiger partial charge in [-0.3, -0.25) is 0 Å². The Labute approximate surface area is 72.4 Å². The summed E-state index contributed by atoms with van der Waals surface area (Å²) in [6.45, 7) is 0.0493. The van der Waals surface area contributed by atoms with Gasteiger partial charge in [0.1, 0.15) is 0 Å². The van der Waals surface area contributed by atoms with Gasteiger partial charge in [-0.1, -0.05) is 6.08 Å². The molecule has 3 heteroatoms. The van der Waals surface area contributed by atoms with Crippen LogP contribution >= 0.6 is 31.9 Å². The van der Waals surface area contributed by atoms with Crippen LogP contribution in [0.2, 0.25) is 0 Å². The fourth-order valence-electron chi connectivity index (χ4n) is 0.458. The van der Waals surface area contributed by atoms with Crippen LogP contribution in [0.3, 0.4) is 0 Å². The first-order valence-electron chi connectivity index (χ1n) is 2.86. The minimum atomic E-state index is 0.0493. The lowest BCUT2D eigenvalue weighted by Gasteiger charge is -1.89. The van der Waals surface area contributed by atoms with E-state index in [9.17, 15) is 5.11 Å². The van der Waals surface area contributed by atoms with Crippen molar-refractivity contribution < 1.29 is 5.11 Å². The van der Waals surface area contributed by atoms with Gasteiger partial charge < -0.3 is 0 Å². The Bertz CT molecular complexity index is 87.1. The molecule has 0 aromatic heterocycles. The van der Waals surface area contributed by atoms with Crippen LogP contribution in [0.1, 0.15) is 19.3 Å². The van der Waals surface area contributed by atoms with Crippen molar-refractivity contribution in [3.63, 3.8) is 0 Å². The van der Waals surface area contributed by atoms with E-state index in [0.29, 0.717) is 0 Å². The van der Waals surface area contributed by atoms with Crippen molar-refractivity contribution >= 4 is 31.9 Å². The Morgan fingerprint density at radius 1 is 1.33 bits per heavy atom. The fourth-order valence-corrected chi connectivity index (χ4v) is 0.915. The first-order chi connectivity index (χ1) is 4.27. The molecule has 0 spiro atoms. The number of allylic oxidation sites excluding steroid dienone is 1. The Balaban J connectivity index is 3.00. The lowest BCUT2D eigenvalue weighted by Crippen LogP contribution is -1.78. The molecule has 0 unspecified atom stereocenters. The Hall–Kier alpha value is 0.660. The van der Waals surface area contributed by atoms with Gasteiger partial charge >= 0.3 is 0 Å². The SMILES string of the molecule is [O]CCCCC=C(Br)Br. The zero-order valence-electron chi connectivity index (χ0n) is 5.07. The molecule has 0 aliphatic heterocycles. The lowest BCUT2D eigenvalue weighted by molar-refractivity contribution is 0.187. The normalized spacial score (nSPS) is 9.22. The summed E-state index contributed by atoms with van der Waals surface area (Å²) in [4.78, 5) is 0. The summed E-state index contributed by atoms with van der Waals surface area (Å²) in [5, 5.41) is 9.93. The average molecular weight is 257 g/mol. The van der Waals surface area contributed by atoms with E-state index in [1.807, 2.05) is 6.08 Å². The molecule has 1 nitrogen and oxygen atoms in total. The Morgan fingerprint density at radius 2 is 2.00 bits per heavy atom. The molecule has 0 atom stereocenters. The summed E-state index contributed by atoms with van der Waals surface area (Å²) < 4.78 is 0.973. The third kappa shape index (κ3) is 8.66. The predicted octanol–water partition coefficient (Wildman–Crippen LogP) is 3.22. The average Bonchev–Trinajstić information content (AvgIpc) is 1.80. The van der Waals surface area contributed by atoms with Gasteiger partial charge in [-0.05, 0) is 51.1 Å².